The molecule has 4 bridgehead atoms. The molecule has 1 aromatic heterocycles. The average molecular weight is 432 g/mol. The fourth-order valence-electron chi connectivity index (χ4n) is 5.77. The van der Waals surface area contributed by atoms with E-state index in [1.807, 2.05) is 23.6 Å². The Kier molecular flexibility index (Phi) is 4.02. The molecule has 4 aliphatic rings. The molecule has 2 unspecified atom stereocenters. The molecule has 0 aliphatic heterocycles. The van der Waals surface area contributed by atoms with Crippen molar-refractivity contribution >= 4 is 33.2 Å². The number of hydrogen-bond donors (Lipinski definition) is 0. The predicted molar refractivity (Wildman–Crippen MR) is 106 cm³/mol. The summed E-state index contributed by atoms with van der Waals surface area (Å²) in [5, 5.41) is 2.98. The van der Waals surface area contributed by atoms with Crippen LogP contribution in [0.15, 0.2) is 35.7 Å². The summed E-state index contributed by atoms with van der Waals surface area (Å²) in [7, 11) is 0. The lowest BCUT2D eigenvalue weighted by atomic mass is 9.49. The average Bonchev–Trinajstić information content (AvgIpc) is 3.07. The number of thiazole rings is 1. The van der Waals surface area contributed by atoms with Crippen molar-refractivity contribution in [1.29, 1.82) is 0 Å². The number of aromatic nitrogens is 1. The normalized spacial score (nSPS) is 34.8. The fraction of sp³-hybridized carbons (Fsp3) is 0.524. The van der Waals surface area contributed by atoms with Gasteiger partial charge in [-0.2, -0.15) is 0 Å². The summed E-state index contributed by atoms with van der Waals surface area (Å²) in [5.41, 5.74) is 1.70. The number of carbonyl (C=O) groups excluding carboxylic acids is 1. The summed E-state index contributed by atoms with van der Waals surface area (Å²) >= 11 is 5.57. The number of halogens is 1. The van der Waals surface area contributed by atoms with Gasteiger partial charge in [0.1, 0.15) is 11.6 Å². The molecule has 3 nitrogen and oxygen atoms in total. The first-order chi connectivity index (χ1) is 12.5. The molecule has 136 valence electrons. The minimum absolute atomic E-state index is 0.00434. The topological polar surface area (TPSA) is 39.2 Å². The fourth-order valence-corrected chi connectivity index (χ4v) is 8.03. The lowest BCUT2D eigenvalue weighted by molar-refractivity contribution is -0.171. The van der Waals surface area contributed by atoms with E-state index in [9.17, 15) is 4.79 Å². The van der Waals surface area contributed by atoms with Gasteiger partial charge >= 0.3 is 5.97 Å². The van der Waals surface area contributed by atoms with Crippen LogP contribution in [0.3, 0.4) is 0 Å². The molecular weight excluding hydrogens is 410 g/mol. The monoisotopic (exact) mass is 431 g/mol. The summed E-state index contributed by atoms with van der Waals surface area (Å²) in [4.78, 5) is 17.7. The van der Waals surface area contributed by atoms with E-state index >= 15 is 0 Å². The summed E-state index contributed by atoms with van der Waals surface area (Å²) in [6.45, 7) is 0.286. The van der Waals surface area contributed by atoms with Crippen molar-refractivity contribution in [2.75, 3.05) is 0 Å². The summed E-state index contributed by atoms with van der Waals surface area (Å²) in [6, 6.07) is 10.1. The van der Waals surface area contributed by atoms with E-state index in [0.717, 1.165) is 35.5 Å². The standard InChI is InChI=1S/C21H22BrNO2S/c22-21-9-14-6-15(10-21)8-20(7-14,13-21)19(24)25-11-17-12-26-18(23-17)16-4-2-1-3-5-16/h1-5,12,14-15H,6-11,13H2. The second-order valence-corrected chi connectivity index (χ2v) is 11.0. The van der Waals surface area contributed by atoms with E-state index in [4.69, 9.17) is 4.74 Å². The Morgan fingerprint density at radius 1 is 1.19 bits per heavy atom. The van der Waals surface area contributed by atoms with Gasteiger partial charge in [0.05, 0.1) is 11.1 Å². The van der Waals surface area contributed by atoms with E-state index in [1.165, 1.54) is 19.3 Å². The van der Waals surface area contributed by atoms with Gasteiger partial charge in [-0.15, -0.1) is 11.3 Å². The molecule has 26 heavy (non-hydrogen) atoms. The number of carbonyl (C=O) groups is 1. The smallest absolute Gasteiger partial charge is 0.312 e. The third-order valence-corrected chi connectivity index (χ3v) is 8.21. The van der Waals surface area contributed by atoms with Crippen molar-refractivity contribution < 1.29 is 9.53 Å². The van der Waals surface area contributed by atoms with Crippen molar-refractivity contribution in [3.8, 4) is 10.6 Å². The second kappa shape index (κ2) is 6.16. The van der Waals surface area contributed by atoms with Crippen molar-refractivity contribution in [3.05, 3.63) is 41.4 Å². The highest BCUT2D eigenvalue weighted by Crippen LogP contribution is 2.64. The molecule has 4 aliphatic carbocycles. The predicted octanol–water partition coefficient (Wildman–Crippen LogP) is 5.59. The molecule has 2 aromatic rings. The molecule has 2 atom stereocenters. The molecule has 1 heterocycles. The number of benzene rings is 1. The molecule has 0 spiro atoms. The zero-order chi connectivity index (χ0) is 17.8. The second-order valence-electron chi connectivity index (χ2n) is 8.48. The minimum atomic E-state index is -0.258. The molecule has 0 radical (unpaired) electrons. The Balaban J connectivity index is 1.28. The van der Waals surface area contributed by atoms with Crippen molar-refractivity contribution in [1.82, 2.24) is 4.98 Å². The molecule has 0 saturated heterocycles. The number of nitrogens with zero attached hydrogens (tertiary/aromatic N) is 1. The van der Waals surface area contributed by atoms with Gasteiger partial charge in [0.15, 0.2) is 0 Å². The van der Waals surface area contributed by atoms with Gasteiger partial charge in [0.25, 0.3) is 0 Å². The zero-order valence-corrected chi connectivity index (χ0v) is 17.0. The van der Waals surface area contributed by atoms with Crippen molar-refractivity contribution in [2.24, 2.45) is 17.3 Å². The quantitative estimate of drug-likeness (QED) is 0.467. The van der Waals surface area contributed by atoms with E-state index in [2.05, 4.69) is 33.0 Å². The van der Waals surface area contributed by atoms with Gasteiger partial charge in [-0.05, 0) is 50.4 Å². The number of ether oxygens (including phenoxy) is 1. The van der Waals surface area contributed by atoms with Crippen LogP contribution in [0.25, 0.3) is 10.6 Å². The summed E-state index contributed by atoms with van der Waals surface area (Å²) in [5.74, 6) is 1.38. The lowest BCUT2D eigenvalue weighted by Gasteiger charge is -2.58. The third kappa shape index (κ3) is 2.93. The van der Waals surface area contributed by atoms with Crippen LogP contribution in [-0.2, 0) is 16.1 Å². The van der Waals surface area contributed by atoms with Crippen LogP contribution in [-0.4, -0.2) is 15.3 Å². The summed E-state index contributed by atoms with van der Waals surface area (Å²) in [6.07, 6.45) is 6.73. The number of esters is 1. The highest BCUT2D eigenvalue weighted by molar-refractivity contribution is 9.10. The van der Waals surface area contributed by atoms with Crippen molar-refractivity contribution in [2.45, 2.75) is 49.5 Å². The first-order valence-electron chi connectivity index (χ1n) is 9.40. The van der Waals surface area contributed by atoms with Crippen LogP contribution in [0.2, 0.25) is 0 Å². The number of alkyl halides is 1. The Morgan fingerprint density at radius 3 is 2.62 bits per heavy atom. The Morgan fingerprint density at radius 2 is 1.92 bits per heavy atom. The van der Waals surface area contributed by atoms with E-state index in [0.29, 0.717) is 11.8 Å². The SMILES string of the molecule is O=C(OCc1csc(-c2ccccc2)n1)C12CC3CC(CC(Br)(C3)C1)C2. The largest absolute Gasteiger partial charge is 0.459 e. The van der Waals surface area contributed by atoms with Crippen LogP contribution in [0.5, 0.6) is 0 Å². The van der Waals surface area contributed by atoms with E-state index in [-0.39, 0.29) is 22.3 Å². The van der Waals surface area contributed by atoms with Gasteiger partial charge in [0, 0.05) is 15.3 Å². The van der Waals surface area contributed by atoms with Crippen LogP contribution >= 0.6 is 27.3 Å². The molecule has 5 heteroatoms. The molecule has 0 N–H and O–H groups in total. The molecular formula is C21H22BrNO2S. The van der Waals surface area contributed by atoms with Crippen molar-refractivity contribution in [3.63, 3.8) is 0 Å². The lowest BCUT2D eigenvalue weighted by Crippen LogP contribution is -2.56. The maximum absolute atomic E-state index is 13.0. The van der Waals surface area contributed by atoms with Gasteiger partial charge in [0.2, 0.25) is 0 Å². The Hall–Kier alpha value is -1.20. The first kappa shape index (κ1) is 16.9. The molecule has 4 fully saturated rings. The van der Waals surface area contributed by atoms with Gasteiger partial charge < -0.3 is 4.74 Å². The van der Waals surface area contributed by atoms with E-state index in [1.54, 1.807) is 11.3 Å². The molecule has 6 rings (SSSR count). The van der Waals surface area contributed by atoms with E-state index < -0.39 is 0 Å². The highest BCUT2D eigenvalue weighted by atomic mass is 79.9. The molecule has 0 amide bonds. The highest BCUT2D eigenvalue weighted by Gasteiger charge is 2.60. The maximum atomic E-state index is 13.0. The number of rotatable bonds is 4. The number of hydrogen-bond acceptors (Lipinski definition) is 4. The maximum Gasteiger partial charge on any atom is 0.312 e. The van der Waals surface area contributed by atoms with Crippen LogP contribution in [0, 0.1) is 17.3 Å². The zero-order valence-electron chi connectivity index (χ0n) is 14.6. The third-order valence-electron chi connectivity index (χ3n) is 6.35. The first-order valence-corrected chi connectivity index (χ1v) is 11.1. The Bertz CT molecular complexity index is 820. The van der Waals surface area contributed by atoms with Gasteiger partial charge in [-0.1, -0.05) is 46.3 Å². The van der Waals surface area contributed by atoms with Gasteiger partial charge in [-0.25, -0.2) is 4.98 Å². The van der Waals surface area contributed by atoms with Crippen LogP contribution in [0.4, 0.5) is 0 Å². The molecule has 1 aromatic carbocycles. The van der Waals surface area contributed by atoms with Crippen LogP contribution in [0.1, 0.15) is 44.2 Å². The Labute approximate surface area is 166 Å². The summed E-state index contributed by atoms with van der Waals surface area (Å²) < 4.78 is 5.97. The van der Waals surface area contributed by atoms with Gasteiger partial charge in [-0.3, -0.25) is 4.79 Å². The molecule has 4 saturated carbocycles. The van der Waals surface area contributed by atoms with Crippen LogP contribution < -0.4 is 0 Å². The minimum Gasteiger partial charge on any atom is -0.459 e.